The van der Waals surface area contributed by atoms with Crippen LogP contribution < -0.4 is 4.74 Å². The molecule has 3 nitrogen and oxygen atoms in total. The molecule has 0 saturated heterocycles. The summed E-state index contributed by atoms with van der Waals surface area (Å²) in [5, 5.41) is 10.3. The van der Waals surface area contributed by atoms with E-state index in [-0.39, 0.29) is 0 Å². The van der Waals surface area contributed by atoms with Crippen molar-refractivity contribution in [2.24, 2.45) is 0 Å². The van der Waals surface area contributed by atoms with Crippen LogP contribution in [0.2, 0.25) is 0 Å². The fourth-order valence-corrected chi connectivity index (χ4v) is 1.63. The third-order valence-electron chi connectivity index (χ3n) is 2.40. The number of carbonyl (C=O) groups is 1. The first-order chi connectivity index (χ1) is 7.72. The molecule has 2 aromatic rings. The van der Waals surface area contributed by atoms with Crippen LogP contribution >= 0.6 is 0 Å². The van der Waals surface area contributed by atoms with Gasteiger partial charge in [0.15, 0.2) is 6.07 Å². The number of aryl methyl sites for hydroxylation is 1. The lowest BCUT2D eigenvalue weighted by molar-refractivity contribution is -0.128. The Kier molecular flexibility index (Phi) is 2.57. The van der Waals surface area contributed by atoms with Gasteiger partial charge in [-0.25, -0.2) is 4.79 Å². The molecule has 0 amide bonds. The molecule has 16 heavy (non-hydrogen) atoms. The first kappa shape index (κ1) is 10.2. The van der Waals surface area contributed by atoms with Crippen molar-refractivity contribution in [1.29, 1.82) is 5.26 Å². The van der Waals surface area contributed by atoms with Crippen molar-refractivity contribution >= 4 is 16.7 Å². The molecule has 0 radical (unpaired) electrons. The molecule has 0 atom stereocenters. The molecule has 2 aromatic carbocycles. The summed E-state index contributed by atoms with van der Waals surface area (Å²) >= 11 is 0. The summed E-state index contributed by atoms with van der Waals surface area (Å²) in [5.41, 5.74) is 1.10. The van der Waals surface area contributed by atoms with Gasteiger partial charge in [0.1, 0.15) is 5.75 Å². The van der Waals surface area contributed by atoms with Crippen LogP contribution in [0.1, 0.15) is 5.56 Å². The Labute approximate surface area is 92.9 Å². The lowest BCUT2D eigenvalue weighted by Gasteiger charge is -2.06. The highest BCUT2D eigenvalue weighted by molar-refractivity contribution is 5.95. The van der Waals surface area contributed by atoms with Crippen molar-refractivity contribution in [1.82, 2.24) is 0 Å². The molecule has 0 fully saturated rings. The van der Waals surface area contributed by atoms with Crippen molar-refractivity contribution in [3.63, 3.8) is 0 Å². The van der Waals surface area contributed by atoms with Crippen molar-refractivity contribution in [2.45, 2.75) is 6.92 Å². The lowest BCUT2D eigenvalue weighted by Crippen LogP contribution is -2.04. The maximum atomic E-state index is 10.9. The van der Waals surface area contributed by atoms with Gasteiger partial charge in [-0.3, -0.25) is 0 Å². The van der Waals surface area contributed by atoms with Gasteiger partial charge in [0.05, 0.1) is 0 Å². The van der Waals surface area contributed by atoms with E-state index >= 15 is 0 Å². The predicted octanol–water partition coefficient (Wildman–Crippen LogP) is 2.58. The second-order valence-corrected chi connectivity index (χ2v) is 3.43. The Bertz CT molecular complexity index is 596. The summed E-state index contributed by atoms with van der Waals surface area (Å²) in [7, 11) is 0. The van der Waals surface area contributed by atoms with Gasteiger partial charge < -0.3 is 4.74 Å². The Balaban J connectivity index is 2.59. The molecule has 3 heteroatoms. The molecule has 0 spiro atoms. The smallest absolute Gasteiger partial charge is 0.415 e. The second kappa shape index (κ2) is 4.03. The molecule has 0 unspecified atom stereocenters. The molecule has 0 saturated carbocycles. The monoisotopic (exact) mass is 211 g/mol. The van der Waals surface area contributed by atoms with E-state index in [0.29, 0.717) is 5.75 Å². The number of nitrogens with zero attached hydrogens (tertiary/aromatic N) is 1. The van der Waals surface area contributed by atoms with Gasteiger partial charge in [0, 0.05) is 5.39 Å². The van der Waals surface area contributed by atoms with Crippen LogP contribution in [0.4, 0.5) is 0 Å². The summed E-state index contributed by atoms with van der Waals surface area (Å²) < 4.78 is 4.93. The molecule has 0 aliphatic heterocycles. The number of nitriles is 1. The van der Waals surface area contributed by atoms with Gasteiger partial charge in [-0.05, 0) is 23.9 Å². The minimum Gasteiger partial charge on any atom is -0.415 e. The molecule has 0 heterocycles. The van der Waals surface area contributed by atoms with Crippen LogP contribution in [0.3, 0.4) is 0 Å². The Hall–Kier alpha value is -2.34. The average molecular weight is 211 g/mol. The van der Waals surface area contributed by atoms with Crippen LogP contribution in [0, 0.1) is 18.3 Å². The maximum Gasteiger partial charge on any atom is 0.416 e. The topological polar surface area (TPSA) is 50.1 Å². The number of esters is 1. The third kappa shape index (κ3) is 1.73. The van der Waals surface area contributed by atoms with E-state index in [0.717, 1.165) is 16.3 Å². The van der Waals surface area contributed by atoms with Gasteiger partial charge in [-0.2, -0.15) is 5.26 Å². The quantitative estimate of drug-likeness (QED) is 0.414. The highest BCUT2D eigenvalue weighted by atomic mass is 16.5. The Morgan fingerprint density at radius 3 is 2.56 bits per heavy atom. The number of ether oxygens (including phenoxy) is 1. The van der Waals surface area contributed by atoms with Gasteiger partial charge in [-0.15, -0.1) is 0 Å². The highest BCUT2D eigenvalue weighted by Gasteiger charge is 2.07. The van der Waals surface area contributed by atoms with Gasteiger partial charge in [0.2, 0.25) is 0 Å². The van der Waals surface area contributed by atoms with E-state index < -0.39 is 5.97 Å². The Morgan fingerprint density at radius 2 is 1.88 bits per heavy atom. The van der Waals surface area contributed by atoms with E-state index in [9.17, 15) is 4.79 Å². The fraction of sp³-hybridized carbons (Fsp3) is 0.0769. The first-order valence-corrected chi connectivity index (χ1v) is 4.82. The highest BCUT2D eigenvalue weighted by Crippen LogP contribution is 2.28. The average Bonchev–Trinajstić information content (AvgIpc) is 2.33. The number of carbonyl (C=O) groups excluding carboxylic acids is 1. The summed E-state index contributed by atoms with van der Waals surface area (Å²) in [6.07, 6.45) is 0. The molecular formula is C13H9NO2. The zero-order valence-electron chi connectivity index (χ0n) is 8.73. The number of fused-ring (bicyclic) bond motifs is 1. The minimum absolute atomic E-state index is 0.424. The van der Waals surface area contributed by atoms with Gasteiger partial charge in [-0.1, -0.05) is 30.3 Å². The number of hydrogen-bond acceptors (Lipinski definition) is 3. The zero-order chi connectivity index (χ0) is 11.5. The second-order valence-electron chi connectivity index (χ2n) is 3.43. The van der Waals surface area contributed by atoms with Crippen molar-refractivity contribution in [3.8, 4) is 11.8 Å². The Morgan fingerprint density at radius 1 is 1.19 bits per heavy atom. The van der Waals surface area contributed by atoms with Crippen molar-refractivity contribution < 1.29 is 9.53 Å². The summed E-state index contributed by atoms with van der Waals surface area (Å²) in [4.78, 5) is 10.9. The normalized spacial score (nSPS) is 9.75. The van der Waals surface area contributed by atoms with Crippen LogP contribution in [0.15, 0.2) is 36.4 Å². The van der Waals surface area contributed by atoms with E-state index in [1.165, 1.54) is 6.07 Å². The first-order valence-electron chi connectivity index (χ1n) is 4.82. The largest absolute Gasteiger partial charge is 0.416 e. The summed E-state index contributed by atoms with van der Waals surface area (Å²) in [6, 6.07) is 12.6. The van der Waals surface area contributed by atoms with Gasteiger partial charge in [0.25, 0.3) is 0 Å². The number of rotatable bonds is 1. The van der Waals surface area contributed by atoms with Crippen molar-refractivity contribution in [2.75, 3.05) is 0 Å². The van der Waals surface area contributed by atoms with E-state index in [1.54, 1.807) is 6.07 Å². The number of benzene rings is 2. The summed E-state index contributed by atoms with van der Waals surface area (Å²) in [5.74, 6) is -0.471. The maximum absolute atomic E-state index is 10.9. The zero-order valence-corrected chi connectivity index (χ0v) is 8.73. The van der Waals surface area contributed by atoms with E-state index in [1.807, 2.05) is 37.3 Å². The lowest BCUT2D eigenvalue weighted by atomic mass is 10.1. The molecule has 2 rings (SSSR count). The third-order valence-corrected chi connectivity index (χ3v) is 2.40. The SMILES string of the molecule is Cc1ccc(OC(=O)C#N)c2ccccc12. The minimum atomic E-state index is -0.894. The van der Waals surface area contributed by atoms with Crippen LogP contribution in [-0.2, 0) is 4.79 Å². The van der Waals surface area contributed by atoms with E-state index in [2.05, 4.69) is 0 Å². The molecule has 0 aromatic heterocycles. The molecule has 0 aliphatic rings. The summed E-state index contributed by atoms with van der Waals surface area (Å²) in [6.45, 7) is 1.98. The number of hydrogen-bond donors (Lipinski definition) is 0. The molecule has 0 bridgehead atoms. The standard InChI is InChI=1S/C13H9NO2/c1-9-6-7-12(16-13(15)8-14)11-5-3-2-4-10(9)11/h2-7H,1H3. The van der Waals surface area contributed by atoms with Crippen molar-refractivity contribution in [3.05, 3.63) is 42.0 Å². The molecular weight excluding hydrogens is 202 g/mol. The molecule has 78 valence electrons. The van der Waals surface area contributed by atoms with Gasteiger partial charge >= 0.3 is 5.97 Å². The van der Waals surface area contributed by atoms with Crippen LogP contribution in [0.5, 0.6) is 5.75 Å². The molecule has 0 aliphatic carbocycles. The molecule has 0 N–H and O–H groups in total. The van der Waals surface area contributed by atoms with Crippen LogP contribution in [0.25, 0.3) is 10.8 Å². The van der Waals surface area contributed by atoms with Crippen LogP contribution in [-0.4, -0.2) is 5.97 Å². The fourth-order valence-electron chi connectivity index (χ4n) is 1.63. The van der Waals surface area contributed by atoms with E-state index in [4.69, 9.17) is 10.00 Å². The predicted molar refractivity (Wildman–Crippen MR) is 59.9 cm³/mol.